The number of piperazine rings is 1. The fourth-order valence-electron chi connectivity index (χ4n) is 4.73. The Morgan fingerprint density at radius 2 is 1.64 bits per heavy atom. The lowest BCUT2D eigenvalue weighted by molar-refractivity contribution is -0.137. The number of halogens is 4. The van der Waals surface area contributed by atoms with E-state index in [2.05, 4.69) is 30.8 Å². The summed E-state index contributed by atoms with van der Waals surface area (Å²) in [4.78, 5) is 50.9. The van der Waals surface area contributed by atoms with Crippen molar-refractivity contribution >= 4 is 46.6 Å². The van der Waals surface area contributed by atoms with Crippen molar-refractivity contribution in [2.45, 2.75) is 18.6 Å². The van der Waals surface area contributed by atoms with Crippen molar-refractivity contribution in [1.29, 1.82) is 0 Å². The van der Waals surface area contributed by atoms with Crippen LogP contribution in [0.2, 0.25) is 5.02 Å². The standard InChI is InChI=1S/C31H29ClF3N7O3/c1-41-11-13-42(14-12-41)29(45)19-5-7-22(8-6-19)40-30-36-17-24(18-37-30)39-28(44)25-16-23(9-10-26(25)32)38-27(43)20-3-2-4-21(15-20)31(33,34)35/h2-7,9-10,15-18,22H,8,11-14H2,1H3,(H,38,43)(H,39,44)(H,36,37,40). The molecule has 1 aromatic heterocycles. The Morgan fingerprint density at radius 3 is 2.31 bits per heavy atom. The van der Waals surface area contributed by atoms with Crippen LogP contribution < -0.4 is 16.0 Å². The summed E-state index contributed by atoms with van der Waals surface area (Å²) in [6.45, 7) is 3.11. The third-order valence-corrected chi connectivity index (χ3v) is 7.61. The summed E-state index contributed by atoms with van der Waals surface area (Å²) in [5.41, 5.74) is -0.0405. The smallest absolute Gasteiger partial charge is 0.348 e. The molecule has 1 fully saturated rings. The third kappa shape index (κ3) is 8.05. The van der Waals surface area contributed by atoms with Crippen molar-refractivity contribution in [2.24, 2.45) is 0 Å². The quantitative estimate of drug-likeness (QED) is 0.329. The molecule has 2 aliphatic rings. The minimum Gasteiger partial charge on any atom is -0.348 e. The first-order valence-electron chi connectivity index (χ1n) is 14.0. The highest BCUT2D eigenvalue weighted by Gasteiger charge is 2.31. The van der Waals surface area contributed by atoms with E-state index >= 15 is 0 Å². The van der Waals surface area contributed by atoms with E-state index in [-0.39, 0.29) is 39.5 Å². The molecule has 45 heavy (non-hydrogen) atoms. The molecular formula is C31H29ClF3N7O3. The Balaban J connectivity index is 1.15. The van der Waals surface area contributed by atoms with Gasteiger partial charge in [-0.3, -0.25) is 14.4 Å². The number of hydrogen-bond acceptors (Lipinski definition) is 7. The van der Waals surface area contributed by atoms with Gasteiger partial charge in [0.1, 0.15) is 0 Å². The fraction of sp³-hybridized carbons (Fsp3) is 0.258. The minimum absolute atomic E-state index is 0.0155. The second-order valence-electron chi connectivity index (χ2n) is 10.6. The monoisotopic (exact) mass is 639 g/mol. The molecule has 0 spiro atoms. The van der Waals surface area contributed by atoms with Crippen LogP contribution in [0.5, 0.6) is 0 Å². The predicted molar refractivity (Wildman–Crippen MR) is 164 cm³/mol. The molecule has 2 heterocycles. The number of nitrogens with zero attached hydrogens (tertiary/aromatic N) is 4. The molecule has 5 rings (SSSR count). The number of benzene rings is 2. The highest BCUT2D eigenvalue weighted by Crippen LogP contribution is 2.30. The number of aromatic nitrogens is 2. The van der Waals surface area contributed by atoms with Crippen LogP contribution >= 0.6 is 11.6 Å². The van der Waals surface area contributed by atoms with Gasteiger partial charge in [0.05, 0.1) is 40.3 Å². The number of alkyl halides is 3. The molecule has 14 heteroatoms. The van der Waals surface area contributed by atoms with Crippen LogP contribution in [0.25, 0.3) is 0 Å². The van der Waals surface area contributed by atoms with E-state index in [0.717, 1.165) is 31.3 Å². The lowest BCUT2D eigenvalue weighted by atomic mass is 10.0. The van der Waals surface area contributed by atoms with Gasteiger partial charge >= 0.3 is 6.18 Å². The molecule has 3 amide bonds. The number of carbonyl (C=O) groups is 3. The summed E-state index contributed by atoms with van der Waals surface area (Å²) >= 11 is 6.22. The largest absolute Gasteiger partial charge is 0.416 e. The second-order valence-corrected chi connectivity index (χ2v) is 11.0. The summed E-state index contributed by atoms with van der Waals surface area (Å²) in [5, 5.41) is 8.39. The van der Waals surface area contributed by atoms with E-state index in [1.54, 1.807) is 6.08 Å². The normalized spacial score (nSPS) is 17.0. The van der Waals surface area contributed by atoms with Crippen molar-refractivity contribution in [2.75, 3.05) is 49.2 Å². The van der Waals surface area contributed by atoms with Crippen LogP contribution in [0.4, 0.5) is 30.5 Å². The maximum atomic E-state index is 13.0. The highest BCUT2D eigenvalue weighted by molar-refractivity contribution is 6.34. The van der Waals surface area contributed by atoms with Crippen LogP contribution in [0.1, 0.15) is 32.7 Å². The van der Waals surface area contributed by atoms with E-state index in [0.29, 0.717) is 31.0 Å². The Labute approximate surface area is 262 Å². The predicted octanol–water partition coefficient (Wildman–Crippen LogP) is 5.09. The molecule has 2 aromatic carbocycles. The Kier molecular flexibility index (Phi) is 9.49. The zero-order valence-corrected chi connectivity index (χ0v) is 24.8. The third-order valence-electron chi connectivity index (χ3n) is 7.28. The second kappa shape index (κ2) is 13.5. The number of rotatable bonds is 7. The van der Waals surface area contributed by atoms with E-state index in [1.807, 2.05) is 24.1 Å². The van der Waals surface area contributed by atoms with Gasteiger partial charge in [-0.25, -0.2) is 9.97 Å². The van der Waals surface area contributed by atoms with Crippen LogP contribution in [0.15, 0.2) is 78.7 Å². The maximum Gasteiger partial charge on any atom is 0.416 e. The van der Waals surface area contributed by atoms with E-state index in [4.69, 9.17) is 11.6 Å². The molecule has 1 unspecified atom stereocenters. The van der Waals surface area contributed by atoms with Gasteiger partial charge in [0, 0.05) is 43.0 Å². The van der Waals surface area contributed by atoms with Gasteiger partial charge in [-0.15, -0.1) is 0 Å². The molecule has 0 saturated carbocycles. The molecule has 0 radical (unpaired) electrons. The lowest BCUT2D eigenvalue weighted by Crippen LogP contribution is -2.47. The first-order valence-corrected chi connectivity index (χ1v) is 14.4. The number of hydrogen-bond donors (Lipinski definition) is 3. The van der Waals surface area contributed by atoms with Crippen molar-refractivity contribution in [1.82, 2.24) is 19.8 Å². The van der Waals surface area contributed by atoms with E-state index in [1.165, 1.54) is 36.7 Å². The summed E-state index contributed by atoms with van der Waals surface area (Å²) in [5.74, 6) is -1.05. The molecule has 234 valence electrons. The van der Waals surface area contributed by atoms with Crippen LogP contribution in [-0.2, 0) is 11.0 Å². The van der Waals surface area contributed by atoms with Crippen LogP contribution in [0, 0.1) is 0 Å². The molecule has 3 aromatic rings. The van der Waals surface area contributed by atoms with E-state index in [9.17, 15) is 27.6 Å². The van der Waals surface area contributed by atoms with Gasteiger partial charge in [0.15, 0.2) is 0 Å². The molecule has 3 N–H and O–H groups in total. The molecular weight excluding hydrogens is 611 g/mol. The molecule has 0 bridgehead atoms. The number of likely N-dealkylation sites (N-methyl/N-ethyl adjacent to an activating group) is 1. The first kappa shape index (κ1) is 31.7. The van der Waals surface area contributed by atoms with Gasteiger partial charge in [-0.2, -0.15) is 13.2 Å². The zero-order valence-electron chi connectivity index (χ0n) is 24.1. The Hall–Kier alpha value is -4.75. The van der Waals surface area contributed by atoms with Crippen LogP contribution in [0.3, 0.4) is 0 Å². The van der Waals surface area contributed by atoms with E-state index < -0.39 is 23.6 Å². The number of amides is 3. The highest BCUT2D eigenvalue weighted by atomic mass is 35.5. The van der Waals surface area contributed by atoms with Crippen molar-refractivity contribution in [3.8, 4) is 0 Å². The topological polar surface area (TPSA) is 120 Å². The molecule has 1 aliphatic heterocycles. The summed E-state index contributed by atoms with van der Waals surface area (Å²) < 4.78 is 39.1. The lowest BCUT2D eigenvalue weighted by Gasteiger charge is -2.33. The zero-order chi connectivity index (χ0) is 32.1. The number of anilines is 3. The van der Waals surface area contributed by atoms with Gasteiger partial charge in [0.25, 0.3) is 17.7 Å². The van der Waals surface area contributed by atoms with Crippen molar-refractivity contribution < 1.29 is 27.6 Å². The van der Waals surface area contributed by atoms with Gasteiger partial charge in [0.2, 0.25) is 5.95 Å². The average Bonchev–Trinajstić information content (AvgIpc) is 3.03. The Bertz CT molecular complexity index is 1650. The van der Waals surface area contributed by atoms with Gasteiger partial charge in [-0.05, 0) is 49.9 Å². The molecule has 10 nitrogen and oxygen atoms in total. The Morgan fingerprint density at radius 1 is 0.933 bits per heavy atom. The van der Waals surface area contributed by atoms with Gasteiger partial charge < -0.3 is 25.8 Å². The van der Waals surface area contributed by atoms with Crippen LogP contribution in [-0.4, -0.2) is 76.8 Å². The molecule has 1 saturated heterocycles. The number of carbonyl (C=O) groups excluding carboxylic acids is 3. The minimum atomic E-state index is -4.60. The summed E-state index contributed by atoms with van der Waals surface area (Å²) in [6.07, 6.45) is 4.38. The number of nitrogens with one attached hydrogen (secondary N) is 3. The summed E-state index contributed by atoms with van der Waals surface area (Å²) in [6, 6.07) is 8.00. The molecule has 1 aliphatic carbocycles. The molecule has 1 atom stereocenters. The van der Waals surface area contributed by atoms with Crippen molar-refractivity contribution in [3.05, 3.63) is 100 Å². The maximum absolute atomic E-state index is 13.0. The fourth-order valence-corrected chi connectivity index (χ4v) is 4.93. The van der Waals surface area contributed by atoms with Crippen molar-refractivity contribution in [3.63, 3.8) is 0 Å². The average molecular weight is 640 g/mol. The summed E-state index contributed by atoms with van der Waals surface area (Å²) in [7, 11) is 2.04. The SMILES string of the molecule is CN1CCN(C(=O)C2=CCC(Nc3ncc(NC(=O)c4cc(NC(=O)c5cccc(C(F)(F)F)c5)ccc4Cl)cn3)C=C2)CC1. The van der Waals surface area contributed by atoms with Gasteiger partial charge in [-0.1, -0.05) is 35.9 Å². The first-order chi connectivity index (χ1) is 21.5.